The molecule has 0 fully saturated rings. The van der Waals surface area contributed by atoms with E-state index in [1.807, 2.05) is 43.3 Å². The van der Waals surface area contributed by atoms with Gasteiger partial charge in [-0.15, -0.1) is 5.10 Å². The number of aryl methyl sites for hydroxylation is 2. The highest BCUT2D eigenvalue weighted by Gasteiger charge is 2.27. The molecule has 170 valence electrons. The van der Waals surface area contributed by atoms with Crippen molar-refractivity contribution in [2.24, 2.45) is 7.05 Å². The SMILES string of the molecule is Cc1cc(NC(=O)CSc2nc3nn(-c4ccccc4)c(=O)c-3c3n2CCCCC3)n(C)n1. The van der Waals surface area contributed by atoms with E-state index in [1.54, 1.807) is 11.7 Å². The summed E-state index contributed by atoms with van der Waals surface area (Å²) in [5.41, 5.74) is 2.97. The van der Waals surface area contributed by atoms with Gasteiger partial charge in [-0.25, -0.2) is 4.98 Å². The summed E-state index contributed by atoms with van der Waals surface area (Å²) in [6.07, 6.45) is 3.91. The fourth-order valence-corrected chi connectivity index (χ4v) is 5.09. The van der Waals surface area contributed by atoms with E-state index >= 15 is 0 Å². The Balaban J connectivity index is 1.49. The van der Waals surface area contributed by atoms with Crippen LogP contribution in [0.4, 0.5) is 5.82 Å². The number of benzene rings is 1. The Bertz CT molecular complexity index is 1340. The second-order valence-corrected chi connectivity index (χ2v) is 9.13. The van der Waals surface area contributed by atoms with Crippen LogP contribution in [-0.2, 0) is 24.8 Å². The summed E-state index contributed by atoms with van der Waals surface area (Å²) in [7, 11) is 1.80. The number of nitrogens with zero attached hydrogens (tertiary/aromatic N) is 6. The van der Waals surface area contributed by atoms with Gasteiger partial charge in [-0.3, -0.25) is 14.3 Å². The minimum atomic E-state index is -0.143. The highest BCUT2D eigenvalue weighted by molar-refractivity contribution is 7.99. The maximum absolute atomic E-state index is 13.3. The van der Waals surface area contributed by atoms with Crippen LogP contribution in [0.15, 0.2) is 46.3 Å². The predicted octanol–water partition coefficient (Wildman–Crippen LogP) is 3.03. The second kappa shape index (κ2) is 8.86. The zero-order chi connectivity index (χ0) is 22.9. The van der Waals surface area contributed by atoms with Crippen molar-refractivity contribution in [3.8, 4) is 17.1 Å². The lowest BCUT2D eigenvalue weighted by Crippen LogP contribution is -2.20. The minimum Gasteiger partial charge on any atom is -0.324 e. The van der Waals surface area contributed by atoms with Crippen molar-refractivity contribution >= 4 is 23.5 Å². The van der Waals surface area contributed by atoms with Gasteiger partial charge in [0.25, 0.3) is 5.56 Å². The molecule has 0 saturated carbocycles. The van der Waals surface area contributed by atoms with Crippen LogP contribution in [0.2, 0.25) is 0 Å². The van der Waals surface area contributed by atoms with Gasteiger partial charge in [0.05, 0.1) is 17.1 Å². The highest BCUT2D eigenvalue weighted by Crippen LogP contribution is 2.30. The third-order valence-corrected chi connectivity index (χ3v) is 6.75. The molecule has 0 atom stereocenters. The van der Waals surface area contributed by atoms with Crippen LogP contribution in [-0.4, -0.2) is 40.8 Å². The van der Waals surface area contributed by atoms with Gasteiger partial charge in [0, 0.05) is 25.4 Å². The molecule has 0 bridgehead atoms. The Morgan fingerprint density at radius 1 is 1.15 bits per heavy atom. The number of thioether (sulfide) groups is 1. The topological polar surface area (TPSA) is 99.6 Å². The Morgan fingerprint density at radius 2 is 1.97 bits per heavy atom. The average Bonchev–Trinajstić information content (AvgIpc) is 3.18. The number of nitrogens with one attached hydrogen (secondary N) is 1. The van der Waals surface area contributed by atoms with Gasteiger partial charge in [0.2, 0.25) is 5.91 Å². The van der Waals surface area contributed by atoms with Gasteiger partial charge >= 0.3 is 0 Å². The highest BCUT2D eigenvalue weighted by atomic mass is 32.2. The number of carbonyl (C=O) groups is 1. The molecule has 3 aliphatic rings. The summed E-state index contributed by atoms with van der Waals surface area (Å²) in [5.74, 6) is 1.16. The maximum Gasteiger partial charge on any atom is 0.284 e. The summed E-state index contributed by atoms with van der Waals surface area (Å²) < 4.78 is 5.18. The first kappa shape index (κ1) is 21.4. The normalized spacial score (nSPS) is 13.6. The van der Waals surface area contributed by atoms with Crippen LogP contribution < -0.4 is 10.9 Å². The lowest BCUT2D eigenvalue weighted by Gasteiger charge is -2.17. The quantitative estimate of drug-likeness (QED) is 0.361. The molecule has 2 aromatic rings. The maximum atomic E-state index is 13.3. The third-order valence-electron chi connectivity index (χ3n) is 5.77. The Morgan fingerprint density at radius 3 is 2.73 bits per heavy atom. The molecule has 0 radical (unpaired) electrons. The van der Waals surface area contributed by atoms with E-state index in [-0.39, 0.29) is 17.2 Å². The number of hydrogen-bond donors (Lipinski definition) is 1. The van der Waals surface area contributed by atoms with Gasteiger partial charge in [-0.2, -0.15) is 9.78 Å². The smallest absolute Gasteiger partial charge is 0.284 e. The molecule has 1 N–H and O–H groups in total. The lowest BCUT2D eigenvalue weighted by atomic mass is 10.1. The molecular formula is C23H25N7O2S. The van der Waals surface area contributed by atoms with E-state index in [1.165, 1.54) is 16.4 Å². The van der Waals surface area contributed by atoms with Crippen molar-refractivity contribution in [3.63, 3.8) is 0 Å². The number of rotatable bonds is 5. The first-order valence-electron chi connectivity index (χ1n) is 11.0. The lowest BCUT2D eigenvalue weighted by molar-refractivity contribution is -0.113. The number of carbonyl (C=O) groups excluding carboxylic acids is 1. The van der Waals surface area contributed by atoms with E-state index < -0.39 is 0 Å². The van der Waals surface area contributed by atoms with E-state index in [0.29, 0.717) is 28.0 Å². The summed E-state index contributed by atoms with van der Waals surface area (Å²) >= 11 is 1.37. The van der Waals surface area contributed by atoms with Crippen LogP contribution >= 0.6 is 11.8 Å². The van der Waals surface area contributed by atoms with Crippen molar-refractivity contribution in [2.45, 2.75) is 44.3 Å². The van der Waals surface area contributed by atoms with Gasteiger partial charge in [0.15, 0.2) is 11.0 Å². The number of fused-ring (bicyclic) bond motifs is 3. The molecule has 0 spiro atoms. The number of amides is 1. The molecule has 0 unspecified atom stereocenters. The van der Waals surface area contributed by atoms with Crippen molar-refractivity contribution in [1.82, 2.24) is 29.1 Å². The summed E-state index contributed by atoms with van der Waals surface area (Å²) in [6.45, 7) is 2.66. The Labute approximate surface area is 195 Å². The van der Waals surface area contributed by atoms with Gasteiger partial charge < -0.3 is 9.88 Å². The number of aromatic nitrogens is 6. The van der Waals surface area contributed by atoms with Crippen molar-refractivity contribution < 1.29 is 4.79 Å². The number of hydrogen-bond acceptors (Lipinski definition) is 6. The molecule has 5 rings (SSSR count). The monoisotopic (exact) mass is 463 g/mol. The largest absolute Gasteiger partial charge is 0.324 e. The fourth-order valence-electron chi connectivity index (χ4n) is 4.24. The minimum absolute atomic E-state index is 0.132. The first-order valence-corrected chi connectivity index (χ1v) is 12.0. The molecule has 10 heteroatoms. The predicted molar refractivity (Wildman–Crippen MR) is 127 cm³/mol. The van der Waals surface area contributed by atoms with Gasteiger partial charge in [0.1, 0.15) is 11.4 Å². The first-order chi connectivity index (χ1) is 16.0. The zero-order valence-corrected chi connectivity index (χ0v) is 19.4. The van der Waals surface area contributed by atoms with Crippen molar-refractivity contribution in [3.05, 3.63) is 58.1 Å². The summed E-state index contributed by atoms with van der Waals surface area (Å²) in [6, 6.07) is 11.2. The third kappa shape index (κ3) is 4.18. The molecule has 0 saturated heterocycles. The van der Waals surface area contributed by atoms with Gasteiger partial charge in [-0.1, -0.05) is 36.4 Å². The molecule has 0 aliphatic carbocycles. The van der Waals surface area contributed by atoms with E-state index in [4.69, 9.17) is 4.98 Å². The molecule has 33 heavy (non-hydrogen) atoms. The van der Waals surface area contributed by atoms with Crippen LogP contribution in [0.5, 0.6) is 0 Å². The number of para-hydroxylation sites is 1. The Kier molecular flexibility index (Phi) is 5.76. The molecule has 3 aliphatic heterocycles. The van der Waals surface area contributed by atoms with E-state index in [9.17, 15) is 9.59 Å². The average molecular weight is 464 g/mol. The summed E-state index contributed by atoms with van der Waals surface area (Å²) in [5, 5.41) is 12.4. The molecule has 9 nitrogen and oxygen atoms in total. The van der Waals surface area contributed by atoms with Crippen LogP contribution in [0.1, 0.15) is 30.7 Å². The molecule has 1 aromatic heterocycles. The van der Waals surface area contributed by atoms with Crippen molar-refractivity contribution in [2.75, 3.05) is 11.1 Å². The van der Waals surface area contributed by atoms with Crippen LogP contribution in [0.3, 0.4) is 0 Å². The number of anilines is 1. The summed E-state index contributed by atoms with van der Waals surface area (Å²) in [4.78, 5) is 30.6. The zero-order valence-electron chi connectivity index (χ0n) is 18.6. The van der Waals surface area contributed by atoms with E-state index in [2.05, 4.69) is 20.1 Å². The van der Waals surface area contributed by atoms with E-state index in [0.717, 1.165) is 43.6 Å². The fraction of sp³-hybridized carbons (Fsp3) is 0.348. The molecule has 1 aromatic carbocycles. The van der Waals surface area contributed by atoms with Crippen LogP contribution in [0, 0.1) is 6.92 Å². The molecule has 4 heterocycles. The standard InChI is InChI=1S/C23H25N7O2S/c1-15-13-18(28(2)26-15)24-19(31)14-33-23-25-21-20(17-11-7-4-8-12-29(17)23)22(32)30(27-21)16-9-5-3-6-10-16/h3,5-6,9-10,13H,4,7-8,11-12,14H2,1-2H3,(H,24,31). The Hall–Kier alpha value is -3.40. The van der Waals surface area contributed by atoms with Gasteiger partial charge in [-0.05, 0) is 38.3 Å². The molecule has 1 amide bonds. The van der Waals surface area contributed by atoms with Crippen molar-refractivity contribution in [1.29, 1.82) is 0 Å². The second-order valence-electron chi connectivity index (χ2n) is 8.19. The molecular weight excluding hydrogens is 438 g/mol. The van der Waals surface area contributed by atoms with Crippen LogP contribution in [0.25, 0.3) is 17.1 Å².